The largest absolute Gasteiger partial charge is 0.480 e. The molecule has 1 saturated heterocycles. The Bertz CT molecular complexity index is 847. The van der Waals surface area contributed by atoms with Crippen LogP contribution in [0.1, 0.15) is 64.7 Å². The predicted octanol–water partition coefficient (Wildman–Crippen LogP) is 5.55. The first kappa shape index (κ1) is 23.5. The van der Waals surface area contributed by atoms with Gasteiger partial charge in [-0.05, 0) is 67.8 Å². The molecule has 0 unspecified atom stereocenters. The number of ether oxygens (including phenoxy) is 2. The molecule has 4 aliphatic carbocycles. The highest BCUT2D eigenvalue weighted by atomic mass is 79.9. The van der Waals surface area contributed by atoms with E-state index in [0.717, 1.165) is 44.9 Å². The van der Waals surface area contributed by atoms with E-state index in [1.807, 2.05) is 0 Å². The Kier molecular flexibility index (Phi) is 5.81. The van der Waals surface area contributed by atoms with E-state index in [1.165, 1.54) is 5.57 Å². The number of hydrogen-bond acceptors (Lipinski definition) is 4. The highest BCUT2D eigenvalue weighted by molar-refractivity contribution is 9.25. The number of carboxylic acid groups (broad SMARTS) is 1. The molecule has 5 aliphatic rings. The monoisotopic (exact) mass is 572 g/mol. The van der Waals surface area contributed by atoms with Crippen LogP contribution in [0.4, 0.5) is 0 Å². The lowest BCUT2D eigenvalue weighted by Gasteiger charge is -2.56. The van der Waals surface area contributed by atoms with Gasteiger partial charge >= 0.3 is 5.97 Å². The van der Waals surface area contributed by atoms with Gasteiger partial charge in [0, 0.05) is 24.7 Å². The Morgan fingerprint density at radius 1 is 1.19 bits per heavy atom. The fraction of sp³-hybridized carbons (Fsp3) is 0.800. The Hall–Kier alpha value is -0.210. The molecule has 0 aromatic heterocycles. The molecule has 3 saturated carbocycles. The van der Waals surface area contributed by atoms with E-state index in [9.17, 15) is 15.0 Å². The normalized spacial score (nSPS) is 42.7. The van der Waals surface area contributed by atoms with E-state index in [1.54, 1.807) is 0 Å². The molecule has 6 atom stereocenters. The van der Waals surface area contributed by atoms with Crippen LogP contribution in [0.2, 0.25) is 0 Å². The van der Waals surface area contributed by atoms with Crippen molar-refractivity contribution in [2.45, 2.75) is 79.3 Å². The number of carboxylic acids is 1. The second kappa shape index (κ2) is 7.91. The molecule has 178 valence electrons. The molecule has 0 amide bonds. The number of alkyl halides is 2. The Labute approximate surface area is 207 Å². The number of rotatable bonds is 4. The van der Waals surface area contributed by atoms with E-state index in [2.05, 4.69) is 51.4 Å². The molecule has 0 bridgehead atoms. The molecule has 1 aliphatic heterocycles. The molecular formula is C25H34Br2O5. The zero-order valence-corrected chi connectivity index (χ0v) is 21.9. The third-order valence-electron chi connectivity index (χ3n) is 9.75. The first-order valence-electron chi connectivity index (χ1n) is 12.0. The minimum Gasteiger partial charge on any atom is -0.480 e. The number of fused-ring (bicyclic) bond motifs is 5. The van der Waals surface area contributed by atoms with Crippen molar-refractivity contribution in [3.63, 3.8) is 0 Å². The van der Waals surface area contributed by atoms with E-state index >= 15 is 0 Å². The zero-order valence-electron chi connectivity index (χ0n) is 18.7. The smallest absolute Gasteiger partial charge is 0.331 e. The summed E-state index contributed by atoms with van der Waals surface area (Å²) < 4.78 is 10.7. The summed E-state index contributed by atoms with van der Waals surface area (Å²) in [5.41, 5.74) is 0.861. The summed E-state index contributed by atoms with van der Waals surface area (Å²) in [5, 5.41) is 21.5. The number of aliphatic hydroxyl groups is 1. The zero-order chi connectivity index (χ0) is 22.9. The predicted molar refractivity (Wildman–Crippen MR) is 129 cm³/mol. The number of carbonyl (C=O) groups is 1. The standard InChI is InChI=1S/C25H34Br2O5/c1-15(13-25(26,27)21(28)29)24(30)10-7-20-19-4-3-16-14-23(31-11-12-32-23)9-6-17(16)18(19)5-8-22(20,24)2/h3,17-20,30H,1,4-14H2,2H3,(H,28,29)/t17-,18+,19+,20-,22-,24+/m0/s1. The SMILES string of the molecule is C=C(CC(Br)(Br)C(=O)O)[C@]1(O)CC[C@H]2[C@@H]3CC=C4CC5(CC[C@@H]4[C@H]3CC[C@@]21C)OCCO5. The number of aliphatic carboxylic acids is 1. The molecule has 0 aromatic carbocycles. The average molecular weight is 574 g/mol. The van der Waals surface area contributed by atoms with Crippen molar-refractivity contribution >= 4 is 37.8 Å². The van der Waals surface area contributed by atoms with Crippen LogP contribution in [-0.2, 0) is 14.3 Å². The second-order valence-corrected chi connectivity index (χ2v) is 14.8. The van der Waals surface area contributed by atoms with Gasteiger partial charge in [0.25, 0.3) is 0 Å². The summed E-state index contributed by atoms with van der Waals surface area (Å²) in [4.78, 5) is 11.6. The van der Waals surface area contributed by atoms with Crippen LogP contribution in [0.15, 0.2) is 23.8 Å². The quantitative estimate of drug-likeness (QED) is 0.340. The second-order valence-electron chi connectivity index (χ2n) is 11.0. The van der Waals surface area contributed by atoms with E-state index in [-0.39, 0.29) is 17.6 Å². The van der Waals surface area contributed by atoms with Crippen LogP contribution in [0.25, 0.3) is 0 Å². The summed E-state index contributed by atoms with van der Waals surface area (Å²) in [6.07, 6.45) is 10.4. The third-order valence-corrected chi connectivity index (χ3v) is 11.0. The molecule has 5 nitrogen and oxygen atoms in total. The molecule has 32 heavy (non-hydrogen) atoms. The first-order valence-corrected chi connectivity index (χ1v) is 13.6. The van der Waals surface area contributed by atoms with Crippen molar-refractivity contribution in [1.82, 2.24) is 0 Å². The lowest BCUT2D eigenvalue weighted by molar-refractivity contribution is -0.177. The minimum atomic E-state index is -1.29. The van der Waals surface area contributed by atoms with E-state index in [4.69, 9.17) is 9.47 Å². The van der Waals surface area contributed by atoms with Gasteiger partial charge < -0.3 is 19.7 Å². The first-order chi connectivity index (χ1) is 15.0. The molecule has 0 aromatic rings. The molecule has 2 N–H and O–H groups in total. The third kappa shape index (κ3) is 3.43. The highest BCUT2D eigenvalue weighted by Gasteiger charge is 2.63. The Morgan fingerprint density at radius 2 is 1.91 bits per heavy atom. The van der Waals surface area contributed by atoms with Crippen LogP contribution < -0.4 is 0 Å². The summed E-state index contributed by atoms with van der Waals surface area (Å²) in [6.45, 7) is 7.85. The van der Waals surface area contributed by atoms with E-state index in [0.29, 0.717) is 48.9 Å². The minimum absolute atomic E-state index is 0.157. The molecular weight excluding hydrogens is 540 g/mol. The molecule has 4 fully saturated rings. The van der Waals surface area contributed by atoms with Crippen molar-refractivity contribution in [1.29, 1.82) is 0 Å². The average Bonchev–Trinajstić information content (AvgIpc) is 3.30. The van der Waals surface area contributed by atoms with Gasteiger partial charge in [-0.25, -0.2) is 4.79 Å². The molecule has 0 radical (unpaired) electrons. The van der Waals surface area contributed by atoms with Crippen molar-refractivity contribution in [3.05, 3.63) is 23.8 Å². The Balaban J connectivity index is 1.36. The molecule has 5 rings (SSSR count). The van der Waals surface area contributed by atoms with Gasteiger partial charge in [0.1, 0.15) is 0 Å². The topological polar surface area (TPSA) is 76.0 Å². The molecule has 1 spiro atoms. The van der Waals surface area contributed by atoms with Gasteiger partial charge in [-0.3, -0.25) is 0 Å². The van der Waals surface area contributed by atoms with Crippen LogP contribution in [0.5, 0.6) is 0 Å². The lowest BCUT2D eigenvalue weighted by Crippen LogP contribution is -2.54. The summed E-state index contributed by atoms with van der Waals surface area (Å²) in [6, 6.07) is 0. The van der Waals surface area contributed by atoms with Gasteiger partial charge in [0.05, 0.1) is 18.8 Å². The fourth-order valence-electron chi connectivity index (χ4n) is 8.08. The van der Waals surface area contributed by atoms with Crippen LogP contribution in [0, 0.1) is 29.1 Å². The van der Waals surface area contributed by atoms with Gasteiger partial charge in [0.15, 0.2) is 9.02 Å². The maximum absolute atomic E-state index is 11.9. The van der Waals surface area contributed by atoms with E-state index < -0.39 is 14.8 Å². The van der Waals surface area contributed by atoms with Crippen molar-refractivity contribution in [2.75, 3.05) is 13.2 Å². The number of hydrogen-bond donors (Lipinski definition) is 2. The summed E-state index contributed by atoms with van der Waals surface area (Å²) >= 11 is 6.52. The molecule has 1 heterocycles. The molecule has 7 heteroatoms. The Morgan fingerprint density at radius 3 is 2.59 bits per heavy atom. The fourth-order valence-corrected chi connectivity index (χ4v) is 8.75. The van der Waals surface area contributed by atoms with Gasteiger partial charge in [-0.2, -0.15) is 0 Å². The summed E-state index contributed by atoms with van der Waals surface area (Å²) in [5.74, 6) is 0.903. The summed E-state index contributed by atoms with van der Waals surface area (Å²) in [7, 11) is 0. The van der Waals surface area contributed by atoms with Gasteiger partial charge in [-0.1, -0.05) is 57.0 Å². The van der Waals surface area contributed by atoms with Gasteiger partial charge in [0.2, 0.25) is 0 Å². The van der Waals surface area contributed by atoms with Gasteiger partial charge in [-0.15, -0.1) is 0 Å². The van der Waals surface area contributed by atoms with Crippen molar-refractivity contribution in [3.8, 4) is 0 Å². The number of allylic oxidation sites excluding steroid dienone is 1. The maximum Gasteiger partial charge on any atom is 0.331 e. The van der Waals surface area contributed by atoms with Crippen molar-refractivity contribution < 1.29 is 24.5 Å². The maximum atomic E-state index is 11.9. The van der Waals surface area contributed by atoms with Crippen LogP contribution >= 0.6 is 31.9 Å². The van der Waals surface area contributed by atoms with Crippen LogP contribution in [0.3, 0.4) is 0 Å². The lowest BCUT2D eigenvalue weighted by atomic mass is 9.50. The van der Waals surface area contributed by atoms with Crippen LogP contribution in [-0.4, -0.2) is 44.0 Å². The highest BCUT2D eigenvalue weighted by Crippen LogP contribution is 2.66. The number of halogens is 2. The van der Waals surface area contributed by atoms with Crippen molar-refractivity contribution in [2.24, 2.45) is 29.1 Å².